The molecule has 2 aromatic rings. The third-order valence-corrected chi connectivity index (χ3v) is 4.97. The van der Waals surface area contributed by atoms with Crippen molar-refractivity contribution in [3.05, 3.63) is 56.2 Å². The van der Waals surface area contributed by atoms with E-state index >= 15 is 0 Å². The van der Waals surface area contributed by atoms with Crippen molar-refractivity contribution < 1.29 is 9.59 Å². The number of nitrogens with one attached hydrogen (secondary N) is 1. The quantitative estimate of drug-likeness (QED) is 0.674. The van der Waals surface area contributed by atoms with Crippen molar-refractivity contribution in [1.29, 1.82) is 0 Å². The minimum atomic E-state index is -0.136. The molecule has 0 saturated carbocycles. The molecule has 0 aliphatic carbocycles. The van der Waals surface area contributed by atoms with Crippen LogP contribution in [-0.4, -0.2) is 11.7 Å². The number of carbonyl (C=O) groups is 2. The third kappa shape index (κ3) is 5.34. The Morgan fingerprint density at radius 3 is 2.35 bits per heavy atom. The molecular formula is C17H17Cl2NO2S. The minimum Gasteiger partial charge on any atom is -0.349 e. The molecule has 0 fully saturated rings. The van der Waals surface area contributed by atoms with E-state index in [2.05, 4.69) is 5.32 Å². The molecule has 0 saturated heterocycles. The maximum atomic E-state index is 12.1. The van der Waals surface area contributed by atoms with E-state index in [1.54, 1.807) is 24.3 Å². The van der Waals surface area contributed by atoms with Gasteiger partial charge >= 0.3 is 0 Å². The summed E-state index contributed by atoms with van der Waals surface area (Å²) in [5.41, 5.74) is 1.00. The molecule has 1 atom stereocenters. The number of carbonyl (C=O) groups excluding carboxylic acids is 2. The Balaban J connectivity index is 1.87. The largest absolute Gasteiger partial charge is 0.349 e. The van der Waals surface area contributed by atoms with Gasteiger partial charge < -0.3 is 5.32 Å². The second-order valence-corrected chi connectivity index (χ2v) is 7.26. The first kappa shape index (κ1) is 18.0. The van der Waals surface area contributed by atoms with Gasteiger partial charge in [-0.1, -0.05) is 42.3 Å². The molecule has 6 heteroatoms. The van der Waals surface area contributed by atoms with Crippen molar-refractivity contribution in [3.8, 4) is 0 Å². The average molecular weight is 370 g/mol. The zero-order valence-electron chi connectivity index (χ0n) is 12.6. The molecule has 0 spiro atoms. The molecule has 0 radical (unpaired) electrons. The maximum Gasteiger partial charge on any atom is 0.220 e. The van der Waals surface area contributed by atoms with Gasteiger partial charge in [-0.3, -0.25) is 9.59 Å². The van der Waals surface area contributed by atoms with Crippen LogP contribution in [0.1, 0.15) is 47.5 Å². The van der Waals surface area contributed by atoms with E-state index in [0.29, 0.717) is 14.2 Å². The summed E-state index contributed by atoms with van der Waals surface area (Å²) in [6.07, 6.45) is 1.11. The van der Waals surface area contributed by atoms with Crippen LogP contribution < -0.4 is 5.32 Å². The number of rotatable bonds is 7. The average Bonchev–Trinajstić information content (AvgIpc) is 2.98. The van der Waals surface area contributed by atoms with Crippen molar-refractivity contribution in [3.63, 3.8) is 0 Å². The maximum absolute atomic E-state index is 12.1. The second-order valence-electron chi connectivity index (χ2n) is 5.11. The first-order chi connectivity index (χ1) is 11.0. The predicted molar refractivity (Wildman–Crippen MR) is 95.5 cm³/mol. The summed E-state index contributed by atoms with van der Waals surface area (Å²) in [7, 11) is 0. The topological polar surface area (TPSA) is 46.2 Å². The van der Waals surface area contributed by atoms with Crippen molar-refractivity contribution in [2.75, 3.05) is 0 Å². The SMILES string of the molecule is CCC(NC(=O)CCC(=O)c1ccc(Cl)s1)c1ccc(Cl)cc1. The van der Waals surface area contributed by atoms with E-state index in [1.165, 1.54) is 11.3 Å². The van der Waals surface area contributed by atoms with Crippen molar-refractivity contribution in [2.45, 2.75) is 32.2 Å². The van der Waals surface area contributed by atoms with Gasteiger partial charge in [0.05, 0.1) is 15.3 Å². The molecule has 0 aliphatic heterocycles. The summed E-state index contributed by atoms with van der Waals surface area (Å²) < 4.78 is 0.576. The fourth-order valence-corrected chi connectivity index (χ4v) is 3.33. The van der Waals surface area contributed by atoms with Crippen molar-refractivity contribution in [1.82, 2.24) is 5.32 Å². The summed E-state index contributed by atoms with van der Waals surface area (Å²) in [5.74, 6) is -0.195. The Morgan fingerprint density at radius 2 is 1.78 bits per heavy atom. The Kier molecular flexibility index (Phi) is 6.63. The molecule has 0 bridgehead atoms. The highest BCUT2D eigenvalue weighted by molar-refractivity contribution is 7.18. The molecule has 2 rings (SSSR count). The second kappa shape index (κ2) is 8.48. The summed E-state index contributed by atoms with van der Waals surface area (Å²) in [4.78, 5) is 24.7. The standard InChI is InChI=1S/C17H17Cl2NO2S/c1-2-13(11-3-5-12(18)6-4-11)20-17(22)10-7-14(21)15-8-9-16(19)23-15/h3-6,8-9,13H,2,7,10H2,1H3,(H,20,22). The number of ketones is 1. The highest BCUT2D eigenvalue weighted by atomic mass is 35.5. The van der Waals surface area contributed by atoms with Crippen LogP contribution in [0.15, 0.2) is 36.4 Å². The van der Waals surface area contributed by atoms with Crippen LogP contribution in [0.5, 0.6) is 0 Å². The van der Waals surface area contributed by atoms with Gasteiger partial charge in [0.25, 0.3) is 0 Å². The Labute approximate surface area is 149 Å². The smallest absolute Gasteiger partial charge is 0.220 e. The number of halogens is 2. The highest BCUT2D eigenvalue weighted by Crippen LogP contribution is 2.23. The van der Waals surface area contributed by atoms with Gasteiger partial charge in [0.1, 0.15) is 0 Å². The third-order valence-electron chi connectivity index (χ3n) is 3.44. The van der Waals surface area contributed by atoms with E-state index < -0.39 is 0 Å². The Morgan fingerprint density at radius 1 is 1.09 bits per heavy atom. The molecule has 1 amide bonds. The number of thiophene rings is 1. The Hall–Kier alpha value is -1.36. The zero-order valence-corrected chi connectivity index (χ0v) is 15.0. The predicted octanol–water partition coefficient (Wildman–Crippen LogP) is 5.29. The van der Waals surface area contributed by atoms with E-state index in [4.69, 9.17) is 23.2 Å². The van der Waals surface area contributed by atoms with Gasteiger partial charge in [-0.05, 0) is 36.2 Å². The molecule has 1 heterocycles. The first-order valence-corrected chi connectivity index (χ1v) is 8.90. The normalized spacial score (nSPS) is 12.0. The molecule has 3 nitrogen and oxygen atoms in total. The van der Waals surface area contributed by atoms with E-state index in [9.17, 15) is 9.59 Å². The fraction of sp³-hybridized carbons (Fsp3) is 0.294. The number of hydrogen-bond acceptors (Lipinski definition) is 3. The number of amides is 1. The van der Waals surface area contributed by atoms with Gasteiger partial charge in [-0.25, -0.2) is 0 Å². The molecule has 122 valence electrons. The van der Waals surface area contributed by atoms with Gasteiger partial charge in [-0.2, -0.15) is 0 Å². The van der Waals surface area contributed by atoms with Gasteiger partial charge in [-0.15, -0.1) is 11.3 Å². The first-order valence-electron chi connectivity index (χ1n) is 7.33. The molecular weight excluding hydrogens is 353 g/mol. The van der Waals surface area contributed by atoms with E-state index in [1.807, 2.05) is 19.1 Å². The molecule has 0 aliphatic rings. The minimum absolute atomic E-state index is 0.0587. The lowest BCUT2D eigenvalue weighted by Gasteiger charge is -2.17. The van der Waals surface area contributed by atoms with Crippen LogP contribution >= 0.6 is 34.5 Å². The molecule has 1 unspecified atom stereocenters. The fourth-order valence-electron chi connectivity index (χ4n) is 2.20. The van der Waals surface area contributed by atoms with Crippen LogP contribution in [-0.2, 0) is 4.79 Å². The molecule has 1 aromatic carbocycles. The van der Waals surface area contributed by atoms with E-state index in [-0.39, 0.29) is 30.6 Å². The van der Waals surface area contributed by atoms with Gasteiger partial charge in [0.2, 0.25) is 5.91 Å². The molecule has 1 aromatic heterocycles. The number of hydrogen-bond donors (Lipinski definition) is 1. The number of benzene rings is 1. The summed E-state index contributed by atoms with van der Waals surface area (Å²) in [6, 6.07) is 10.7. The summed E-state index contributed by atoms with van der Waals surface area (Å²) >= 11 is 12.9. The number of Topliss-reactive ketones (excluding diaryl/α,β-unsaturated/α-hetero) is 1. The lowest BCUT2D eigenvalue weighted by Crippen LogP contribution is -2.28. The van der Waals surface area contributed by atoms with Crippen molar-refractivity contribution in [2.24, 2.45) is 0 Å². The van der Waals surface area contributed by atoms with Gasteiger partial charge in [0.15, 0.2) is 5.78 Å². The van der Waals surface area contributed by atoms with E-state index in [0.717, 1.165) is 12.0 Å². The lowest BCUT2D eigenvalue weighted by molar-refractivity contribution is -0.121. The van der Waals surface area contributed by atoms with Crippen LogP contribution in [0.4, 0.5) is 0 Å². The lowest BCUT2D eigenvalue weighted by atomic mass is 10.0. The highest BCUT2D eigenvalue weighted by Gasteiger charge is 2.15. The van der Waals surface area contributed by atoms with Crippen molar-refractivity contribution >= 4 is 46.2 Å². The van der Waals surface area contributed by atoms with Crippen LogP contribution in [0.3, 0.4) is 0 Å². The van der Waals surface area contributed by atoms with Gasteiger partial charge in [0, 0.05) is 17.9 Å². The monoisotopic (exact) mass is 369 g/mol. The molecule has 23 heavy (non-hydrogen) atoms. The Bertz CT molecular complexity index is 682. The molecule has 1 N–H and O–H groups in total. The van der Waals surface area contributed by atoms with Crippen LogP contribution in [0.25, 0.3) is 0 Å². The summed E-state index contributed by atoms with van der Waals surface area (Å²) in [5, 5.41) is 3.62. The zero-order chi connectivity index (χ0) is 16.8. The van der Waals surface area contributed by atoms with Crippen LogP contribution in [0, 0.1) is 0 Å². The van der Waals surface area contributed by atoms with Crippen LogP contribution in [0.2, 0.25) is 9.36 Å². The summed E-state index contributed by atoms with van der Waals surface area (Å²) in [6.45, 7) is 2.00.